The molecule has 0 aromatic rings. The first kappa shape index (κ1) is 17.5. The summed E-state index contributed by atoms with van der Waals surface area (Å²) >= 11 is 0. The van der Waals surface area contributed by atoms with Crippen molar-refractivity contribution in [3.8, 4) is 0 Å². The van der Waals surface area contributed by atoms with E-state index in [9.17, 15) is 0 Å². The van der Waals surface area contributed by atoms with Gasteiger partial charge >= 0.3 is 0 Å². The van der Waals surface area contributed by atoms with Crippen LogP contribution >= 0.6 is 0 Å². The molecule has 2 aliphatic heterocycles. The Morgan fingerprint density at radius 2 is 2.00 bits per heavy atom. The van der Waals surface area contributed by atoms with Gasteiger partial charge in [0.15, 0.2) is 5.96 Å². The first-order chi connectivity index (χ1) is 10.3. The highest BCUT2D eigenvalue weighted by Gasteiger charge is 2.36. The van der Waals surface area contributed by atoms with Crippen LogP contribution in [0.25, 0.3) is 0 Å². The van der Waals surface area contributed by atoms with Gasteiger partial charge in [-0.3, -0.25) is 4.99 Å². The van der Waals surface area contributed by atoms with Crippen LogP contribution in [0.5, 0.6) is 0 Å². The molecule has 2 fully saturated rings. The molecule has 128 valence electrons. The molecule has 2 heterocycles. The van der Waals surface area contributed by atoms with Crippen molar-refractivity contribution in [2.75, 3.05) is 40.0 Å². The Morgan fingerprint density at radius 1 is 1.27 bits per heavy atom. The molecule has 2 N–H and O–H groups in total. The normalized spacial score (nSPS) is 28.9. The van der Waals surface area contributed by atoms with E-state index in [1.165, 1.54) is 6.42 Å². The minimum atomic E-state index is 0.181. The van der Waals surface area contributed by atoms with E-state index in [0.717, 1.165) is 45.3 Å². The molecule has 5 heteroatoms. The second kappa shape index (κ2) is 7.18. The van der Waals surface area contributed by atoms with Gasteiger partial charge in [-0.1, -0.05) is 27.7 Å². The molecule has 0 saturated carbocycles. The Labute approximate surface area is 135 Å². The quantitative estimate of drug-likeness (QED) is 0.616. The minimum Gasteiger partial charge on any atom is -0.380 e. The first-order valence-corrected chi connectivity index (χ1v) is 8.48. The zero-order valence-corrected chi connectivity index (χ0v) is 14.9. The average molecular weight is 311 g/mol. The van der Waals surface area contributed by atoms with E-state index in [0.29, 0.717) is 12.0 Å². The number of rotatable bonds is 4. The van der Waals surface area contributed by atoms with E-state index >= 15 is 0 Å². The van der Waals surface area contributed by atoms with Crippen LogP contribution in [0.3, 0.4) is 0 Å². The van der Waals surface area contributed by atoms with Crippen molar-refractivity contribution >= 4 is 5.96 Å². The Bertz CT molecular complexity index is 386. The molecule has 0 aliphatic carbocycles. The molecule has 0 spiro atoms. The van der Waals surface area contributed by atoms with Crippen LogP contribution in [0.4, 0.5) is 0 Å². The van der Waals surface area contributed by atoms with Gasteiger partial charge in [0.25, 0.3) is 0 Å². The van der Waals surface area contributed by atoms with Crippen LogP contribution in [0.15, 0.2) is 4.99 Å². The summed E-state index contributed by atoms with van der Waals surface area (Å²) in [5, 5.41) is 6.90. The summed E-state index contributed by atoms with van der Waals surface area (Å²) in [6.45, 7) is 13.4. The van der Waals surface area contributed by atoms with E-state index in [2.05, 4.69) is 43.3 Å². The summed E-state index contributed by atoms with van der Waals surface area (Å²) in [5.74, 6) is 1.42. The zero-order valence-electron chi connectivity index (χ0n) is 14.9. The molecule has 0 radical (unpaired) electrons. The van der Waals surface area contributed by atoms with Crippen molar-refractivity contribution in [1.82, 2.24) is 10.6 Å². The molecule has 5 nitrogen and oxygen atoms in total. The number of hydrogen-bond acceptors (Lipinski definition) is 3. The SMILES string of the molecule is CN=C(NCC1CCCOC1C(C)(C)C)NCC1(C)COC1. The number of hydrogen-bond donors (Lipinski definition) is 2. The molecular formula is C17H33N3O2. The van der Waals surface area contributed by atoms with E-state index < -0.39 is 0 Å². The molecule has 0 bridgehead atoms. The van der Waals surface area contributed by atoms with Crippen molar-refractivity contribution in [3.63, 3.8) is 0 Å². The largest absolute Gasteiger partial charge is 0.380 e. The Balaban J connectivity index is 1.81. The van der Waals surface area contributed by atoms with Crippen molar-refractivity contribution < 1.29 is 9.47 Å². The van der Waals surface area contributed by atoms with Crippen molar-refractivity contribution in [3.05, 3.63) is 0 Å². The van der Waals surface area contributed by atoms with Crippen LogP contribution in [0.2, 0.25) is 0 Å². The molecule has 2 saturated heterocycles. The maximum absolute atomic E-state index is 6.04. The third-order valence-corrected chi connectivity index (χ3v) is 4.64. The van der Waals surface area contributed by atoms with Gasteiger partial charge in [-0.05, 0) is 18.3 Å². The summed E-state index contributed by atoms with van der Waals surface area (Å²) in [6, 6.07) is 0. The molecule has 2 atom stereocenters. The van der Waals surface area contributed by atoms with Gasteiger partial charge in [-0.15, -0.1) is 0 Å². The highest BCUT2D eigenvalue weighted by atomic mass is 16.5. The van der Waals surface area contributed by atoms with Crippen LogP contribution in [0, 0.1) is 16.7 Å². The summed E-state index contributed by atoms with van der Waals surface area (Å²) < 4.78 is 11.3. The number of nitrogens with one attached hydrogen (secondary N) is 2. The standard InChI is InChI=1S/C17H33N3O2/c1-16(2,3)14-13(7-6-8-22-14)9-19-15(18-5)20-10-17(4)11-21-12-17/h13-14H,6-12H2,1-5H3,(H2,18,19,20). The van der Waals surface area contributed by atoms with Crippen LogP contribution in [-0.2, 0) is 9.47 Å². The lowest BCUT2D eigenvalue weighted by Crippen LogP contribution is -2.52. The van der Waals surface area contributed by atoms with Gasteiger partial charge in [0.1, 0.15) is 0 Å². The van der Waals surface area contributed by atoms with Gasteiger partial charge in [0, 0.05) is 38.1 Å². The average Bonchev–Trinajstić information content (AvgIpc) is 2.45. The fourth-order valence-electron chi connectivity index (χ4n) is 3.31. The van der Waals surface area contributed by atoms with E-state index in [4.69, 9.17) is 9.47 Å². The number of aliphatic imine (C=N–C) groups is 1. The summed E-state index contributed by atoms with van der Waals surface area (Å²) in [7, 11) is 1.83. The molecule has 0 aromatic carbocycles. The lowest BCUT2D eigenvalue weighted by molar-refractivity contribution is -0.0972. The monoisotopic (exact) mass is 311 g/mol. The molecular weight excluding hydrogens is 278 g/mol. The fraction of sp³-hybridized carbons (Fsp3) is 0.941. The molecule has 22 heavy (non-hydrogen) atoms. The maximum Gasteiger partial charge on any atom is 0.191 e. The maximum atomic E-state index is 6.04. The van der Waals surface area contributed by atoms with Crippen LogP contribution in [0.1, 0.15) is 40.5 Å². The first-order valence-electron chi connectivity index (χ1n) is 8.48. The summed E-state index contributed by atoms with van der Waals surface area (Å²) in [6.07, 6.45) is 2.68. The predicted molar refractivity (Wildman–Crippen MR) is 90.2 cm³/mol. The van der Waals surface area contributed by atoms with E-state index in [1.807, 2.05) is 7.05 Å². The minimum absolute atomic E-state index is 0.181. The Morgan fingerprint density at radius 3 is 2.55 bits per heavy atom. The topological polar surface area (TPSA) is 54.9 Å². The van der Waals surface area contributed by atoms with Crippen molar-refractivity contribution in [2.24, 2.45) is 21.7 Å². The Kier molecular flexibility index (Phi) is 5.72. The number of nitrogens with zero attached hydrogens (tertiary/aromatic N) is 1. The number of ether oxygens (including phenoxy) is 2. The van der Waals surface area contributed by atoms with Gasteiger partial charge in [-0.25, -0.2) is 0 Å². The lowest BCUT2D eigenvalue weighted by atomic mass is 9.78. The van der Waals surface area contributed by atoms with Crippen molar-refractivity contribution in [2.45, 2.75) is 46.6 Å². The van der Waals surface area contributed by atoms with Gasteiger partial charge in [0.05, 0.1) is 19.3 Å². The second-order valence-corrected chi connectivity index (χ2v) is 8.17. The smallest absolute Gasteiger partial charge is 0.191 e. The fourth-order valence-corrected chi connectivity index (χ4v) is 3.31. The third-order valence-electron chi connectivity index (χ3n) is 4.64. The zero-order chi connectivity index (χ0) is 16.2. The van der Waals surface area contributed by atoms with Gasteiger partial charge in [-0.2, -0.15) is 0 Å². The second-order valence-electron chi connectivity index (χ2n) is 8.17. The lowest BCUT2D eigenvalue weighted by Gasteiger charge is -2.41. The van der Waals surface area contributed by atoms with E-state index in [-0.39, 0.29) is 10.8 Å². The summed E-state index contributed by atoms with van der Waals surface area (Å²) in [5.41, 5.74) is 0.431. The Hall–Kier alpha value is -0.810. The molecule has 2 rings (SSSR count). The third kappa shape index (κ3) is 4.59. The van der Waals surface area contributed by atoms with Gasteiger partial charge < -0.3 is 20.1 Å². The molecule has 0 amide bonds. The van der Waals surface area contributed by atoms with Gasteiger partial charge in [0.2, 0.25) is 0 Å². The molecule has 2 aliphatic rings. The molecule has 2 unspecified atom stereocenters. The summed E-state index contributed by atoms with van der Waals surface area (Å²) in [4.78, 5) is 4.33. The van der Waals surface area contributed by atoms with Crippen LogP contribution < -0.4 is 10.6 Å². The van der Waals surface area contributed by atoms with Crippen molar-refractivity contribution in [1.29, 1.82) is 0 Å². The number of guanidine groups is 1. The van der Waals surface area contributed by atoms with Crippen LogP contribution in [-0.4, -0.2) is 52.0 Å². The van der Waals surface area contributed by atoms with E-state index in [1.54, 1.807) is 0 Å². The molecule has 0 aromatic heterocycles. The predicted octanol–water partition coefficient (Wildman–Crippen LogP) is 2.03. The highest BCUT2D eigenvalue weighted by Crippen LogP contribution is 2.33. The highest BCUT2D eigenvalue weighted by molar-refractivity contribution is 5.79.